The van der Waals surface area contributed by atoms with Gasteiger partial charge in [0.25, 0.3) is 0 Å². The molecule has 1 aromatic rings. The monoisotopic (exact) mass is 352 g/mol. The molecule has 2 atom stereocenters. The minimum atomic E-state index is -3.18. The summed E-state index contributed by atoms with van der Waals surface area (Å²) in [6.45, 7) is -1.89. The van der Waals surface area contributed by atoms with Crippen molar-refractivity contribution in [3.8, 4) is 5.75 Å². The molecule has 8 heteroatoms. The number of hydrogen-bond acceptors (Lipinski definition) is 4. The number of ether oxygens (including phenoxy) is 1. The fourth-order valence-corrected chi connectivity index (χ4v) is 1.79. The summed E-state index contributed by atoms with van der Waals surface area (Å²) in [5.41, 5.74) is -0.000657. The van der Waals surface area contributed by atoms with Gasteiger partial charge in [0.05, 0.1) is 4.83 Å². The molecule has 0 aliphatic heterocycles. The Bertz CT molecular complexity index is 521. The minimum absolute atomic E-state index is 0.264. The van der Waals surface area contributed by atoms with Crippen LogP contribution >= 0.6 is 15.9 Å². The lowest BCUT2D eigenvalue weighted by Crippen LogP contribution is -2.14. The van der Waals surface area contributed by atoms with E-state index in [0.717, 1.165) is 12.1 Å². The van der Waals surface area contributed by atoms with Gasteiger partial charge in [0, 0.05) is 5.56 Å². The number of carboxylic acids is 1. The highest BCUT2D eigenvalue weighted by Crippen LogP contribution is 2.33. The van der Waals surface area contributed by atoms with Gasteiger partial charge in [-0.3, -0.25) is 4.79 Å². The quantitative estimate of drug-likeness (QED) is 0.768. The van der Waals surface area contributed by atoms with Crippen molar-refractivity contribution in [2.75, 3.05) is 0 Å². The zero-order valence-electron chi connectivity index (χ0n) is 10.2. The van der Waals surface area contributed by atoms with Crippen molar-refractivity contribution in [2.24, 2.45) is 0 Å². The molecule has 0 amide bonds. The first-order valence-corrected chi connectivity index (χ1v) is 6.29. The topological polar surface area (TPSA) is 83.8 Å². The average Bonchev–Trinajstić information content (AvgIpc) is 2.36. The Kier molecular flexibility index (Phi) is 5.58. The summed E-state index contributed by atoms with van der Waals surface area (Å²) in [6, 6.07) is 3.57. The molecule has 0 radical (unpaired) electrons. The van der Waals surface area contributed by atoms with Crippen LogP contribution in [-0.2, 0) is 9.59 Å². The molecule has 0 heterocycles. The third-order valence-corrected chi connectivity index (χ3v) is 3.61. The summed E-state index contributed by atoms with van der Waals surface area (Å²) in [7, 11) is 0. The molecule has 1 aromatic carbocycles. The van der Waals surface area contributed by atoms with E-state index in [9.17, 15) is 23.5 Å². The summed E-state index contributed by atoms with van der Waals surface area (Å²) in [6.07, 6.45) is -2.00. The van der Waals surface area contributed by atoms with Gasteiger partial charge in [-0.25, -0.2) is 4.79 Å². The van der Waals surface area contributed by atoms with Crippen molar-refractivity contribution in [3.05, 3.63) is 29.3 Å². The van der Waals surface area contributed by atoms with Crippen molar-refractivity contribution in [3.63, 3.8) is 0 Å². The largest absolute Gasteiger partial charge is 0.479 e. The number of alkyl halides is 3. The minimum Gasteiger partial charge on any atom is -0.479 e. The summed E-state index contributed by atoms with van der Waals surface area (Å²) in [4.78, 5) is 21.2. The third-order valence-electron chi connectivity index (χ3n) is 2.43. The number of carbonyl (C=O) groups is 2. The fraction of sp³-hybridized carbons (Fsp3) is 0.333. The Morgan fingerprint density at radius 3 is 2.40 bits per heavy atom. The van der Waals surface area contributed by atoms with Gasteiger partial charge < -0.3 is 14.9 Å². The summed E-state index contributed by atoms with van der Waals surface area (Å²) >= 11 is 3.07. The van der Waals surface area contributed by atoms with E-state index in [1.54, 1.807) is 0 Å². The predicted octanol–water partition coefficient (Wildman–Crippen LogP) is 2.43. The van der Waals surface area contributed by atoms with E-state index >= 15 is 0 Å². The maximum atomic E-state index is 12.3. The van der Waals surface area contributed by atoms with Gasteiger partial charge in [-0.05, 0) is 18.6 Å². The van der Waals surface area contributed by atoms with Crippen molar-refractivity contribution in [2.45, 2.75) is 24.5 Å². The van der Waals surface area contributed by atoms with Gasteiger partial charge in [-0.1, -0.05) is 28.1 Å². The number of carbonyl (C=O) groups excluding carboxylic acids is 1. The molecule has 0 saturated heterocycles. The van der Waals surface area contributed by atoms with Crippen LogP contribution in [0, 0.1) is 0 Å². The van der Waals surface area contributed by atoms with Crippen LogP contribution in [0.3, 0.4) is 0 Å². The Balaban J connectivity index is 3.26. The van der Waals surface area contributed by atoms with Gasteiger partial charge in [-0.2, -0.15) is 8.78 Å². The van der Waals surface area contributed by atoms with E-state index in [4.69, 9.17) is 5.11 Å². The van der Waals surface area contributed by atoms with Gasteiger partial charge in [0.15, 0.2) is 6.10 Å². The standard InChI is InChI=1S/C12H11BrF2O5/c1-5(16)9(13)6-2-3-7(10(17)11(18)19)8(4-6)20-12(14)15/h2-4,9-10,12,17H,1H3,(H,18,19). The first-order chi connectivity index (χ1) is 9.23. The second-order valence-electron chi connectivity index (χ2n) is 3.89. The van der Waals surface area contributed by atoms with E-state index in [2.05, 4.69) is 20.7 Å². The molecule has 0 aliphatic rings. The number of halogens is 3. The number of hydrogen-bond donors (Lipinski definition) is 2. The number of aliphatic hydroxyl groups excluding tert-OH is 1. The molecule has 0 bridgehead atoms. The van der Waals surface area contributed by atoms with E-state index in [-0.39, 0.29) is 11.3 Å². The van der Waals surface area contributed by atoms with Crippen molar-refractivity contribution >= 4 is 27.7 Å². The molecule has 2 unspecified atom stereocenters. The fourth-order valence-electron chi connectivity index (χ4n) is 1.50. The molecule has 0 fully saturated rings. The summed E-state index contributed by atoms with van der Waals surface area (Å²) in [5, 5.41) is 18.1. The first-order valence-electron chi connectivity index (χ1n) is 5.38. The third kappa shape index (κ3) is 3.97. The van der Waals surface area contributed by atoms with Crippen molar-refractivity contribution < 1.29 is 33.3 Å². The molecule has 20 heavy (non-hydrogen) atoms. The van der Waals surface area contributed by atoms with E-state index < -0.39 is 29.3 Å². The zero-order chi connectivity index (χ0) is 15.4. The number of aliphatic carboxylic acids is 1. The van der Waals surface area contributed by atoms with Crippen LogP contribution in [0.5, 0.6) is 5.75 Å². The Labute approximate surface area is 121 Å². The predicted molar refractivity (Wildman–Crippen MR) is 68.0 cm³/mol. The highest BCUT2D eigenvalue weighted by atomic mass is 79.9. The Morgan fingerprint density at radius 2 is 1.95 bits per heavy atom. The Hall–Kier alpha value is -1.54. The Morgan fingerprint density at radius 1 is 1.35 bits per heavy atom. The van der Waals surface area contributed by atoms with Gasteiger partial charge >= 0.3 is 12.6 Å². The lowest BCUT2D eigenvalue weighted by atomic mass is 10.0. The number of ketones is 1. The van der Waals surface area contributed by atoms with E-state index in [1.165, 1.54) is 13.0 Å². The molecule has 5 nitrogen and oxygen atoms in total. The van der Waals surface area contributed by atoms with Gasteiger partial charge in [0.1, 0.15) is 11.5 Å². The van der Waals surface area contributed by atoms with Crippen molar-refractivity contribution in [1.29, 1.82) is 0 Å². The SMILES string of the molecule is CC(=O)C(Br)c1ccc(C(O)C(=O)O)c(OC(F)F)c1. The maximum absolute atomic E-state index is 12.3. The number of carboxylic acid groups (broad SMARTS) is 1. The summed E-state index contributed by atoms with van der Waals surface area (Å²) in [5.74, 6) is -2.35. The molecular weight excluding hydrogens is 342 g/mol. The van der Waals surface area contributed by atoms with Gasteiger partial charge in [0.2, 0.25) is 0 Å². The van der Waals surface area contributed by atoms with Crippen LogP contribution in [0.1, 0.15) is 29.0 Å². The first kappa shape index (κ1) is 16.5. The molecular formula is C12H11BrF2O5. The average molecular weight is 353 g/mol. The highest BCUT2D eigenvalue weighted by molar-refractivity contribution is 9.09. The second-order valence-corrected chi connectivity index (χ2v) is 4.81. The van der Waals surface area contributed by atoms with Crippen LogP contribution in [-0.4, -0.2) is 28.6 Å². The molecule has 0 saturated carbocycles. The normalized spacial score (nSPS) is 13.9. The number of benzene rings is 1. The van der Waals surface area contributed by atoms with Crippen LogP contribution in [0.15, 0.2) is 18.2 Å². The molecule has 0 spiro atoms. The second kappa shape index (κ2) is 6.76. The smallest absolute Gasteiger partial charge is 0.387 e. The van der Waals surface area contributed by atoms with Gasteiger partial charge in [-0.15, -0.1) is 0 Å². The van der Waals surface area contributed by atoms with E-state index in [0.29, 0.717) is 5.56 Å². The molecule has 0 aliphatic carbocycles. The van der Waals surface area contributed by atoms with Crippen LogP contribution in [0.2, 0.25) is 0 Å². The molecule has 0 aromatic heterocycles. The number of rotatable bonds is 6. The van der Waals surface area contributed by atoms with Crippen LogP contribution in [0.25, 0.3) is 0 Å². The zero-order valence-corrected chi connectivity index (χ0v) is 11.8. The lowest BCUT2D eigenvalue weighted by Gasteiger charge is -2.15. The van der Waals surface area contributed by atoms with Crippen LogP contribution in [0.4, 0.5) is 8.78 Å². The summed E-state index contributed by atoms with van der Waals surface area (Å²) < 4.78 is 28.9. The van der Waals surface area contributed by atoms with Crippen LogP contribution < -0.4 is 4.74 Å². The van der Waals surface area contributed by atoms with E-state index in [1.807, 2.05) is 0 Å². The number of Topliss-reactive ketones (excluding diaryl/α,β-unsaturated/α-hetero) is 1. The van der Waals surface area contributed by atoms with Crippen molar-refractivity contribution in [1.82, 2.24) is 0 Å². The molecule has 2 N–H and O–H groups in total. The maximum Gasteiger partial charge on any atom is 0.387 e. The molecule has 1 rings (SSSR count). The number of aliphatic hydroxyl groups is 1. The highest BCUT2D eigenvalue weighted by Gasteiger charge is 2.24. The molecule has 110 valence electrons. The lowest BCUT2D eigenvalue weighted by molar-refractivity contribution is -0.147.